The van der Waals surface area contributed by atoms with Gasteiger partial charge in [0.1, 0.15) is 5.75 Å². The van der Waals surface area contributed by atoms with Crippen molar-refractivity contribution in [1.29, 1.82) is 0 Å². The third-order valence-electron chi connectivity index (χ3n) is 4.34. The zero-order valence-electron chi connectivity index (χ0n) is 15.9. The summed E-state index contributed by atoms with van der Waals surface area (Å²) in [7, 11) is 4.10. The monoisotopic (exact) mass is 362 g/mol. The first kappa shape index (κ1) is 18.9. The first-order chi connectivity index (χ1) is 13.1. The molecule has 0 unspecified atom stereocenters. The number of amides is 1. The minimum atomic E-state index is -0.0232. The minimum absolute atomic E-state index is 0.0232. The fourth-order valence-corrected chi connectivity index (χ4v) is 2.94. The highest BCUT2D eigenvalue weighted by molar-refractivity contribution is 5.93. The van der Waals surface area contributed by atoms with Crippen LogP contribution >= 0.6 is 0 Å². The Hall–Kier alpha value is -2.85. The van der Waals surface area contributed by atoms with Crippen LogP contribution in [0.4, 0.5) is 5.69 Å². The molecule has 4 nitrogen and oxygen atoms in total. The molecule has 140 valence electrons. The van der Waals surface area contributed by atoms with Gasteiger partial charge >= 0.3 is 0 Å². The predicted molar refractivity (Wildman–Crippen MR) is 111 cm³/mol. The second-order valence-electron chi connectivity index (χ2n) is 6.94. The van der Waals surface area contributed by atoms with E-state index in [2.05, 4.69) is 48.6 Å². The molecule has 0 aliphatic heterocycles. The molecule has 0 heterocycles. The molecule has 0 radical (unpaired) electrons. The highest BCUT2D eigenvalue weighted by Gasteiger charge is 2.05. The Labute approximate surface area is 160 Å². The zero-order chi connectivity index (χ0) is 19.1. The predicted octanol–water partition coefficient (Wildman–Crippen LogP) is 4.35. The van der Waals surface area contributed by atoms with E-state index >= 15 is 0 Å². The number of ether oxygens (including phenoxy) is 1. The Bertz CT molecular complexity index is 888. The summed E-state index contributed by atoms with van der Waals surface area (Å²) < 4.78 is 5.71. The van der Waals surface area contributed by atoms with E-state index in [1.54, 1.807) is 0 Å². The largest absolute Gasteiger partial charge is 0.494 e. The maximum Gasteiger partial charge on any atom is 0.228 e. The molecular weight excluding hydrogens is 336 g/mol. The number of benzene rings is 3. The quantitative estimate of drug-likeness (QED) is 0.606. The van der Waals surface area contributed by atoms with Gasteiger partial charge in [-0.3, -0.25) is 4.79 Å². The van der Waals surface area contributed by atoms with Crippen molar-refractivity contribution in [3.63, 3.8) is 0 Å². The van der Waals surface area contributed by atoms with Gasteiger partial charge in [0.25, 0.3) is 0 Å². The fourth-order valence-electron chi connectivity index (χ4n) is 2.94. The molecule has 0 bridgehead atoms. The lowest BCUT2D eigenvalue weighted by atomic mass is 10.0. The molecular formula is C23H26N2O2. The number of nitrogens with one attached hydrogen (secondary N) is 1. The highest BCUT2D eigenvalue weighted by atomic mass is 16.5. The van der Waals surface area contributed by atoms with E-state index < -0.39 is 0 Å². The summed E-state index contributed by atoms with van der Waals surface area (Å²) in [6.07, 6.45) is 1.34. The molecule has 0 saturated heterocycles. The Balaban J connectivity index is 1.51. The molecule has 4 heteroatoms. The Morgan fingerprint density at radius 3 is 2.44 bits per heavy atom. The zero-order valence-corrected chi connectivity index (χ0v) is 15.9. The van der Waals surface area contributed by atoms with Crippen molar-refractivity contribution >= 4 is 22.4 Å². The van der Waals surface area contributed by atoms with E-state index in [0.717, 1.165) is 35.4 Å². The van der Waals surface area contributed by atoms with E-state index in [1.807, 2.05) is 42.5 Å². The molecule has 1 amide bonds. The van der Waals surface area contributed by atoms with Gasteiger partial charge in [-0.1, -0.05) is 42.5 Å². The van der Waals surface area contributed by atoms with Crippen LogP contribution in [0.25, 0.3) is 10.8 Å². The summed E-state index contributed by atoms with van der Waals surface area (Å²) in [5.74, 6) is 0.797. The molecule has 0 saturated carbocycles. The lowest BCUT2D eigenvalue weighted by Gasteiger charge is -2.11. The van der Waals surface area contributed by atoms with Crippen molar-refractivity contribution in [2.75, 3.05) is 32.6 Å². The van der Waals surface area contributed by atoms with E-state index in [1.165, 1.54) is 5.39 Å². The molecule has 0 aromatic heterocycles. The smallest absolute Gasteiger partial charge is 0.228 e. The van der Waals surface area contributed by atoms with Gasteiger partial charge in [0, 0.05) is 12.2 Å². The molecule has 1 N–H and O–H groups in total. The summed E-state index contributed by atoms with van der Waals surface area (Å²) in [4.78, 5) is 14.5. The number of hydrogen-bond acceptors (Lipinski definition) is 3. The standard InChI is InChI=1S/C23H26N2O2/c1-25(2)14-5-15-27-22-12-10-21(11-13-22)24-23(26)17-18-8-9-19-6-3-4-7-20(19)16-18/h3-4,6-13,16H,5,14-15,17H2,1-2H3,(H,24,26). The first-order valence-corrected chi connectivity index (χ1v) is 9.25. The average molecular weight is 362 g/mol. The summed E-state index contributed by atoms with van der Waals surface area (Å²) in [5.41, 5.74) is 1.79. The Morgan fingerprint density at radius 1 is 0.963 bits per heavy atom. The number of rotatable bonds is 8. The van der Waals surface area contributed by atoms with Crippen molar-refractivity contribution in [3.8, 4) is 5.75 Å². The van der Waals surface area contributed by atoms with Gasteiger partial charge < -0.3 is 15.0 Å². The fraction of sp³-hybridized carbons (Fsp3) is 0.261. The Morgan fingerprint density at radius 2 is 1.70 bits per heavy atom. The van der Waals surface area contributed by atoms with Crippen LogP contribution < -0.4 is 10.1 Å². The minimum Gasteiger partial charge on any atom is -0.494 e. The van der Waals surface area contributed by atoms with Crippen LogP contribution in [0.3, 0.4) is 0 Å². The lowest BCUT2D eigenvalue weighted by Crippen LogP contribution is -2.15. The van der Waals surface area contributed by atoms with Gasteiger partial charge in [0.15, 0.2) is 0 Å². The van der Waals surface area contributed by atoms with Gasteiger partial charge in [-0.25, -0.2) is 0 Å². The number of carbonyl (C=O) groups is 1. The molecule has 3 rings (SSSR count). The number of anilines is 1. The van der Waals surface area contributed by atoms with Gasteiger partial charge in [-0.05, 0) is 61.1 Å². The van der Waals surface area contributed by atoms with E-state index in [0.29, 0.717) is 13.0 Å². The van der Waals surface area contributed by atoms with Crippen molar-refractivity contribution in [2.24, 2.45) is 0 Å². The van der Waals surface area contributed by atoms with Gasteiger partial charge in [-0.2, -0.15) is 0 Å². The molecule has 3 aromatic carbocycles. The van der Waals surface area contributed by atoms with E-state index in [9.17, 15) is 4.79 Å². The third-order valence-corrected chi connectivity index (χ3v) is 4.34. The van der Waals surface area contributed by atoms with Crippen molar-refractivity contribution in [2.45, 2.75) is 12.8 Å². The van der Waals surface area contributed by atoms with Crippen LogP contribution in [0.1, 0.15) is 12.0 Å². The van der Waals surface area contributed by atoms with E-state index in [4.69, 9.17) is 4.74 Å². The van der Waals surface area contributed by atoms with Gasteiger partial charge in [-0.15, -0.1) is 0 Å². The van der Waals surface area contributed by atoms with Crippen LogP contribution in [0, 0.1) is 0 Å². The molecule has 0 aliphatic rings. The van der Waals surface area contributed by atoms with Crippen molar-refractivity contribution < 1.29 is 9.53 Å². The lowest BCUT2D eigenvalue weighted by molar-refractivity contribution is -0.115. The second-order valence-corrected chi connectivity index (χ2v) is 6.94. The molecule has 27 heavy (non-hydrogen) atoms. The third kappa shape index (κ3) is 5.83. The topological polar surface area (TPSA) is 41.6 Å². The van der Waals surface area contributed by atoms with E-state index in [-0.39, 0.29) is 5.91 Å². The molecule has 3 aromatic rings. The maximum atomic E-state index is 12.3. The average Bonchev–Trinajstić information content (AvgIpc) is 2.66. The molecule has 0 atom stereocenters. The number of hydrogen-bond donors (Lipinski definition) is 1. The van der Waals surface area contributed by atoms with Gasteiger partial charge in [0.05, 0.1) is 13.0 Å². The number of nitrogens with zero attached hydrogens (tertiary/aromatic N) is 1. The summed E-state index contributed by atoms with van der Waals surface area (Å²) >= 11 is 0. The molecule has 0 spiro atoms. The highest BCUT2D eigenvalue weighted by Crippen LogP contribution is 2.18. The van der Waals surface area contributed by atoms with Crippen LogP contribution in [0.2, 0.25) is 0 Å². The maximum absolute atomic E-state index is 12.3. The first-order valence-electron chi connectivity index (χ1n) is 9.25. The van der Waals surface area contributed by atoms with Crippen molar-refractivity contribution in [3.05, 3.63) is 72.3 Å². The molecule has 0 aliphatic carbocycles. The van der Waals surface area contributed by atoms with Crippen LogP contribution in [-0.2, 0) is 11.2 Å². The summed E-state index contributed by atoms with van der Waals surface area (Å²) in [6, 6.07) is 21.8. The normalized spacial score (nSPS) is 10.9. The molecule has 0 fully saturated rings. The summed E-state index contributed by atoms with van der Waals surface area (Å²) in [5, 5.41) is 5.28. The second kappa shape index (κ2) is 9.19. The summed E-state index contributed by atoms with van der Waals surface area (Å²) in [6.45, 7) is 1.69. The van der Waals surface area contributed by atoms with Gasteiger partial charge in [0.2, 0.25) is 5.91 Å². The Kier molecular flexibility index (Phi) is 6.44. The van der Waals surface area contributed by atoms with Crippen LogP contribution in [0.5, 0.6) is 5.75 Å². The van der Waals surface area contributed by atoms with Crippen molar-refractivity contribution in [1.82, 2.24) is 4.90 Å². The number of fused-ring (bicyclic) bond motifs is 1. The SMILES string of the molecule is CN(C)CCCOc1ccc(NC(=O)Cc2ccc3ccccc3c2)cc1. The number of carbonyl (C=O) groups excluding carboxylic acids is 1. The van der Waals surface area contributed by atoms with Crippen LogP contribution in [0.15, 0.2) is 66.7 Å². The van der Waals surface area contributed by atoms with Crippen LogP contribution in [-0.4, -0.2) is 38.1 Å².